The van der Waals surface area contributed by atoms with Crippen LogP contribution in [0.3, 0.4) is 0 Å². The third-order valence-electron chi connectivity index (χ3n) is 7.79. The summed E-state index contributed by atoms with van der Waals surface area (Å²) in [5.74, 6) is 1.51. The standard InChI is InChI=1S/C26H31NO3/c1-18-14-20-15-23-21-10-6-7-11-26(21,22(20)16-24(18)29-2)12-13-27(23)25(28)30-17-19-8-4-3-5-9-19/h3-5,8-9,14,16,21,23H,6-7,10-13,15,17H2,1-2H3/t21-,23+,26+/m1/s1. The molecule has 0 N–H and O–H groups in total. The molecule has 5 rings (SSSR count). The summed E-state index contributed by atoms with van der Waals surface area (Å²) < 4.78 is 11.4. The number of rotatable bonds is 3. The van der Waals surface area contributed by atoms with E-state index in [9.17, 15) is 4.79 Å². The number of carbonyl (C=O) groups is 1. The highest BCUT2D eigenvalue weighted by Gasteiger charge is 2.55. The number of methoxy groups -OCH3 is 1. The highest BCUT2D eigenvalue weighted by atomic mass is 16.6. The molecule has 3 aliphatic rings. The molecule has 0 spiro atoms. The molecule has 1 amide bonds. The summed E-state index contributed by atoms with van der Waals surface area (Å²) in [4.78, 5) is 15.1. The van der Waals surface area contributed by atoms with Crippen LogP contribution in [0.15, 0.2) is 42.5 Å². The Morgan fingerprint density at radius 2 is 2.00 bits per heavy atom. The lowest BCUT2D eigenvalue weighted by atomic mass is 9.52. The summed E-state index contributed by atoms with van der Waals surface area (Å²) in [6.07, 6.45) is 6.74. The Morgan fingerprint density at radius 1 is 1.17 bits per heavy atom. The van der Waals surface area contributed by atoms with Gasteiger partial charge in [0, 0.05) is 18.0 Å². The lowest BCUT2D eigenvalue weighted by Crippen LogP contribution is -2.62. The Balaban J connectivity index is 1.44. The van der Waals surface area contributed by atoms with Crippen LogP contribution in [-0.4, -0.2) is 30.7 Å². The third-order valence-corrected chi connectivity index (χ3v) is 7.79. The Kier molecular flexibility index (Phi) is 4.96. The first-order valence-corrected chi connectivity index (χ1v) is 11.3. The molecule has 1 aliphatic heterocycles. The lowest BCUT2D eigenvalue weighted by Gasteiger charge is -2.58. The van der Waals surface area contributed by atoms with Crippen molar-refractivity contribution in [2.45, 2.75) is 63.5 Å². The van der Waals surface area contributed by atoms with E-state index in [1.165, 1.54) is 42.4 Å². The fourth-order valence-electron chi connectivity index (χ4n) is 6.42. The van der Waals surface area contributed by atoms with Gasteiger partial charge in [-0.2, -0.15) is 0 Å². The number of nitrogens with zero attached hydrogens (tertiary/aromatic N) is 1. The van der Waals surface area contributed by atoms with Crippen molar-refractivity contribution in [2.24, 2.45) is 5.92 Å². The Hall–Kier alpha value is -2.49. The van der Waals surface area contributed by atoms with Gasteiger partial charge in [-0.3, -0.25) is 0 Å². The van der Waals surface area contributed by atoms with Crippen LogP contribution in [0, 0.1) is 12.8 Å². The fraction of sp³-hybridized carbons (Fsp3) is 0.500. The first-order valence-electron chi connectivity index (χ1n) is 11.3. The molecule has 30 heavy (non-hydrogen) atoms. The quantitative estimate of drug-likeness (QED) is 0.686. The number of likely N-dealkylation sites (tertiary alicyclic amines) is 1. The highest BCUT2D eigenvalue weighted by molar-refractivity contribution is 5.69. The van der Waals surface area contributed by atoms with E-state index in [0.29, 0.717) is 12.5 Å². The minimum Gasteiger partial charge on any atom is -0.496 e. The Morgan fingerprint density at radius 3 is 2.80 bits per heavy atom. The third kappa shape index (κ3) is 3.08. The van der Waals surface area contributed by atoms with Gasteiger partial charge in [-0.05, 0) is 66.8 Å². The van der Waals surface area contributed by atoms with Gasteiger partial charge >= 0.3 is 6.09 Å². The second-order valence-electron chi connectivity index (χ2n) is 9.24. The van der Waals surface area contributed by atoms with Gasteiger partial charge in [-0.15, -0.1) is 0 Å². The topological polar surface area (TPSA) is 38.8 Å². The van der Waals surface area contributed by atoms with Crippen molar-refractivity contribution in [2.75, 3.05) is 13.7 Å². The molecule has 158 valence electrons. The molecule has 4 heteroatoms. The van der Waals surface area contributed by atoms with Gasteiger partial charge in [-0.25, -0.2) is 4.79 Å². The lowest BCUT2D eigenvalue weighted by molar-refractivity contribution is -0.0137. The van der Waals surface area contributed by atoms with Crippen LogP contribution < -0.4 is 4.74 Å². The van der Waals surface area contributed by atoms with Crippen LogP contribution in [-0.2, 0) is 23.2 Å². The smallest absolute Gasteiger partial charge is 0.410 e. The molecular weight excluding hydrogens is 374 g/mol. The second-order valence-corrected chi connectivity index (χ2v) is 9.24. The summed E-state index contributed by atoms with van der Waals surface area (Å²) in [5, 5.41) is 0. The first-order chi connectivity index (χ1) is 14.6. The zero-order chi connectivity index (χ0) is 20.7. The molecular formula is C26H31NO3. The number of hydrogen-bond donors (Lipinski definition) is 0. The van der Waals surface area contributed by atoms with Crippen molar-refractivity contribution in [1.29, 1.82) is 0 Å². The van der Waals surface area contributed by atoms with E-state index >= 15 is 0 Å². The number of benzene rings is 2. The maximum atomic E-state index is 13.1. The SMILES string of the molecule is COc1cc2c(cc1C)C[C@H]1[C@H]3CCCC[C@@]23CCN1C(=O)OCc1ccccc1. The first kappa shape index (κ1) is 19.5. The maximum Gasteiger partial charge on any atom is 0.410 e. The molecule has 1 heterocycles. The Bertz CT molecular complexity index is 941. The summed E-state index contributed by atoms with van der Waals surface area (Å²) in [6.45, 7) is 3.24. The van der Waals surface area contributed by atoms with Gasteiger partial charge in [0.05, 0.1) is 7.11 Å². The number of hydrogen-bond acceptors (Lipinski definition) is 3. The van der Waals surface area contributed by atoms with E-state index in [2.05, 4.69) is 19.1 Å². The molecule has 4 nitrogen and oxygen atoms in total. The number of fused-ring (bicyclic) bond motifs is 1. The van der Waals surface area contributed by atoms with Crippen molar-refractivity contribution in [3.63, 3.8) is 0 Å². The number of carbonyl (C=O) groups excluding carboxylic acids is 1. The molecule has 1 saturated carbocycles. The van der Waals surface area contributed by atoms with Gasteiger partial charge in [-0.1, -0.05) is 49.2 Å². The van der Waals surface area contributed by atoms with E-state index in [1.807, 2.05) is 35.2 Å². The van der Waals surface area contributed by atoms with E-state index in [-0.39, 0.29) is 17.6 Å². The Labute approximate surface area is 179 Å². The molecule has 3 atom stereocenters. The summed E-state index contributed by atoms with van der Waals surface area (Å²) in [5.41, 5.74) is 5.29. The van der Waals surface area contributed by atoms with E-state index in [0.717, 1.165) is 30.7 Å². The highest BCUT2D eigenvalue weighted by Crippen LogP contribution is 2.56. The van der Waals surface area contributed by atoms with Crippen molar-refractivity contribution >= 4 is 6.09 Å². The minimum atomic E-state index is -0.156. The summed E-state index contributed by atoms with van der Waals surface area (Å²) >= 11 is 0. The minimum absolute atomic E-state index is 0.156. The molecule has 2 bridgehead atoms. The zero-order valence-electron chi connectivity index (χ0n) is 18.0. The van der Waals surface area contributed by atoms with Gasteiger partial charge in [0.1, 0.15) is 12.4 Å². The van der Waals surface area contributed by atoms with Gasteiger partial charge in [0.2, 0.25) is 0 Å². The van der Waals surface area contributed by atoms with Crippen molar-refractivity contribution in [3.8, 4) is 5.75 Å². The van der Waals surface area contributed by atoms with Gasteiger partial charge in [0.15, 0.2) is 0 Å². The monoisotopic (exact) mass is 405 g/mol. The van der Waals surface area contributed by atoms with Crippen LogP contribution in [0.2, 0.25) is 0 Å². The summed E-state index contributed by atoms with van der Waals surface area (Å²) in [6, 6.07) is 14.8. The van der Waals surface area contributed by atoms with Crippen molar-refractivity contribution in [1.82, 2.24) is 4.90 Å². The van der Waals surface area contributed by atoms with Crippen molar-refractivity contribution < 1.29 is 14.3 Å². The number of aryl methyl sites for hydroxylation is 1. The molecule has 0 aromatic heterocycles. The van der Waals surface area contributed by atoms with Crippen LogP contribution >= 0.6 is 0 Å². The van der Waals surface area contributed by atoms with E-state index < -0.39 is 0 Å². The second kappa shape index (κ2) is 7.64. The molecule has 1 saturated heterocycles. The normalized spacial score (nSPS) is 27.1. The molecule has 2 fully saturated rings. The largest absolute Gasteiger partial charge is 0.496 e. The fourth-order valence-corrected chi connectivity index (χ4v) is 6.42. The van der Waals surface area contributed by atoms with Crippen molar-refractivity contribution in [3.05, 3.63) is 64.7 Å². The molecule has 0 radical (unpaired) electrons. The number of piperidine rings is 1. The molecule has 2 aliphatic carbocycles. The maximum absolute atomic E-state index is 13.1. The predicted octanol–water partition coefficient (Wildman–Crippen LogP) is 5.40. The summed E-state index contributed by atoms with van der Waals surface area (Å²) in [7, 11) is 1.77. The van der Waals surface area contributed by atoms with Crippen LogP contribution in [0.25, 0.3) is 0 Å². The number of ether oxygens (including phenoxy) is 2. The van der Waals surface area contributed by atoms with Crippen LogP contribution in [0.1, 0.15) is 54.4 Å². The van der Waals surface area contributed by atoms with Gasteiger partial charge in [0.25, 0.3) is 0 Å². The van der Waals surface area contributed by atoms with Crippen LogP contribution in [0.5, 0.6) is 5.75 Å². The average Bonchev–Trinajstić information content (AvgIpc) is 2.78. The molecule has 2 aromatic carbocycles. The molecule has 0 unspecified atom stereocenters. The molecule has 2 aromatic rings. The van der Waals surface area contributed by atoms with E-state index in [4.69, 9.17) is 9.47 Å². The average molecular weight is 406 g/mol. The number of amides is 1. The van der Waals surface area contributed by atoms with E-state index in [1.54, 1.807) is 7.11 Å². The zero-order valence-corrected chi connectivity index (χ0v) is 18.0. The van der Waals surface area contributed by atoms with Gasteiger partial charge < -0.3 is 14.4 Å². The van der Waals surface area contributed by atoms with Crippen LogP contribution in [0.4, 0.5) is 4.79 Å². The predicted molar refractivity (Wildman–Crippen MR) is 117 cm³/mol.